The molecule has 0 spiro atoms. The van der Waals surface area contributed by atoms with Gasteiger partial charge in [0.2, 0.25) is 0 Å². The van der Waals surface area contributed by atoms with Crippen molar-refractivity contribution in [1.29, 1.82) is 0 Å². The summed E-state index contributed by atoms with van der Waals surface area (Å²) in [6.07, 6.45) is 5.39. The predicted molar refractivity (Wildman–Crippen MR) is 52.5 cm³/mol. The van der Waals surface area contributed by atoms with E-state index in [0.717, 1.165) is 12.8 Å². The number of aromatic nitrogens is 2. The van der Waals surface area contributed by atoms with Gasteiger partial charge in [-0.15, -0.1) is 0 Å². The van der Waals surface area contributed by atoms with Crippen LogP contribution in [0.25, 0.3) is 0 Å². The van der Waals surface area contributed by atoms with Gasteiger partial charge in [0.1, 0.15) is 0 Å². The second-order valence-corrected chi connectivity index (χ2v) is 4.08. The predicted octanol–water partition coefficient (Wildman–Crippen LogP) is 1.80. The summed E-state index contributed by atoms with van der Waals surface area (Å²) in [5, 5.41) is 4.38. The second-order valence-electron chi connectivity index (χ2n) is 4.08. The Morgan fingerprint density at radius 2 is 2.38 bits per heavy atom. The molecular formula is C10H17N3. The molecule has 0 bridgehead atoms. The van der Waals surface area contributed by atoms with Crippen LogP contribution >= 0.6 is 0 Å². The number of nitrogens with zero attached hydrogens (tertiary/aromatic N) is 2. The Morgan fingerprint density at radius 1 is 1.62 bits per heavy atom. The average molecular weight is 179 g/mol. The molecule has 0 saturated carbocycles. The molecule has 0 aliphatic heterocycles. The van der Waals surface area contributed by atoms with E-state index >= 15 is 0 Å². The molecule has 1 aliphatic carbocycles. The monoisotopic (exact) mass is 179 g/mol. The van der Waals surface area contributed by atoms with E-state index < -0.39 is 0 Å². The van der Waals surface area contributed by atoms with Crippen molar-refractivity contribution in [1.82, 2.24) is 9.78 Å². The second kappa shape index (κ2) is 3.14. The van der Waals surface area contributed by atoms with Crippen LogP contribution in [0, 0.1) is 0 Å². The van der Waals surface area contributed by atoms with Gasteiger partial charge in [0.25, 0.3) is 0 Å². The number of hydrogen-bond donors (Lipinski definition) is 1. The van der Waals surface area contributed by atoms with E-state index in [9.17, 15) is 0 Å². The van der Waals surface area contributed by atoms with Crippen LogP contribution in [0.4, 0.5) is 0 Å². The molecule has 72 valence electrons. The van der Waals surface area contributed by atoms with Crippen molar-refractivity contribution < 1.29 is 0 Å². The van der Waals surface area contributed by atoms with Crippen LogP contribution < -0.4 is 5.73 Å². The Bertz CT molecular complexity index is 288. The zero-order chi connectivity index (χ0) is 9.42. The third-order valence-electron chi connectivity index (χ3n) is 2.75. The van der Waals surface area contributed by atoms with Crippen molar-refractivity contribution in [2.75, 3.05) is 0 Å². The van der Waals surface area contributed by atoms with Gasteiger partial charge in [0, 0.05) is 23.3 Å². The first-order valence-corrected chi connectivity index (χ1v) is 5.02. The van der Waals surface area contributed by atoms with Crippen molar-refractivity contribution in [3.63, 3.8) is 0 Å². The summed E-state index contributed by atoms with van der Waals surface area (Å²) in [6, 6.07) is 0.672. The number of fused-ring (bicyclic) bond motifs is 1. The van der Waals surface area contributed by atoms with Gasteiger partial charge in [-0.1, -0.05) is 0 Å². The van der Waals surface area contributed by atoms with E-state index in [0.29, 0.717) is 6.04 Å². The molecule has 0 saturated heterocycles. The van der Waals surface area contributed by atoms with Gasteiger partial charge in [0.05, 0.1) is 6.20 Å². The minimum atomic E-state index is 0.219. The van der Waals surface area contributed by atoms with E-state index in [1.54, 1.807) is 0 Å². The largest absolute Gasteiger partial charge is 0.324 e. The molecule has 3 nitrogen and oxygen atoms in total. The highest BCUT2D eigenvalue weighted by molar-refractivity contribution is 5.24. The highest BCUT2D eigenvalue weighted by Gasteiger charge is 2.21. The Labute approximate surface area is 78.9 Å². The van der Waals surface area contributed by atoms with Gasteiger partial charge in [-0.05, 0) is 33.1 Å². The highest BCUT2D eigenvalue weighted by Crippen LogP contribution is 2.28. The van der Waals surface area contributed by atoms with Crippen LogP contribution in [0.5, 0.6) is 0 Å². The lowest BCUT2D eigenvalue weighted by Gasteiger charge is -2.20. The van der Waals surface area contributed by atoms with Crippen LogP contribution in [0.3, 0.4) is 0 Å². The maximum Gasteiger partial charge on any atom is 0.0540 e. The Morgan fingerprint density at radius 3 is 3.08 bits per heavy atom. The molecule has 0 amide bonds. The third-order valence-corrected chi connectivity index (χ3v) is 2.75. The summed E-state index contributed by atoms with van der Waals surface area (Å²) in [7, 11) is 0. The zero-order valence-electron chi connectivity index (χ0n) is 8.33. The first-order valence-electron chi connectivity index (χ1n) is 5.02. The van der Waals surface area contributed by atoms with Gasteiger partial charge in [-0.25, -0.2) is 0 Å². The van der Waals surface area contributed by atoms with E-state index in [1.165, 1.54) is 17.7 Å². The van der Waals surface area contributed by atoms with Gasteiger partial charge in [-0.3, -0.25) is 4.68 Å². The summed E-state index contributed by atoms with van der Waals surface area (Å²) < 4.78 is 2.11. The smallest absolute Gasteiger partial charge is 0.0540 e. The van der Waals surface area contributed by atoms with Crippen molar-refractivity contribution in [3.8, 4) is 0 Å². The molecule has 13 heavy (non-hydrogen) atoms. The van der Waals surface area contributed by atoms with E-state index in [1.807, 2.05) is 6.20 Å². The molecule has 1 aromatic heterocycles. The van der Waals surface area contributed by atoms with E-state index in [4.69, 9.17) is 5.73 Å². The van der Waals surface area contributed by atoms with Crippen LogP contribution in [0.15, 0.2) is 6.20 Å². The lowest BCUT2D eigenvalue weighted by Crippen LogP contribution is -2.19. The van der Waals surface area contributed by atoms with Crippen LogP contribution in [-0.2, 0) is 6.42 Å². The first kappa shape index (κ1) is 8.75. The summed E-state index contributed by atoms with van der Waals surface area (Å²) in [5.41, 5.74) is 8.63. The maximum absolute atomic E-state index is 6.01. The van der Waals surface area contributed by atoms with Gasteiger partial charge < -0.3 is 5.73 Å². The molecule has 0 radical (unpaired) electrons. The fourth-order valence-corrected chi connectivity index (χ4v) is 2.06. The molecule has 3 heteroatoms. The normalized spacial score (nSPS) is 22.0. The Kier molecular flexibility index (Phi) is 2.12. The molecule has 0 unspecified atom stereocenters. The highest BCUT2D eigenvalue weighted by atomic mass is 15.3. The molecule has 1 atom stereocenters. The van der Waals surface area contributed by atoms with Crippen molar-refractivity contribution in [3.05, 3.63) is 17.5 Å². The topological polar surface area (TPSA) is 43.8 Å². The fourth-order valence-electron chi connectivity index (χ4n) is 2.06. The molecule has 1 aromatic rings. The molecule has 1 aliphatic rings. The van der Waals surface area contributed by atoms with E-state index in [2.05, 4.69) is 23.6 Å². The summed E-state index contributed by atoms with van der Waals surface area (Å²) in [6.45, 7) is 4.32. The first-order chi connectivity index (χ1) is 6.20. The van der Waals surface area contributed by atoms with Gasteiger partial charge >= 0.3 is 0 Å². The third kappa shape index (κ3) is 1.37. The molecule has 2 rings (SSSR count). The van der Waals surface area contributed by atoms with Crippen molar-refractivity contribution >= 4 is 0 Å². The van der Waals surface area contributed by atoms with Crippen LogP contribution in [0.1, 0.15) is 50.0 Å². The molecule has 2 N–H and O–H groups in total. The molecule has 0 fully saturated rings. The fraction of sp³-hybridized carbons (Fsp3) is 0.700. The van der Waals surface area contributed by atoms with Crippen molar-refractivity contribution in [2.24, 2.45) is 5.73 Å². The van der Waals surface area contributed by atoms with E-state index in [-0.39, 0.29) is 6.04 Å². The van der Waals surface area contributed by atoms with Gasteiger partial charge in [0.15, 0.2) is 0 Å². The minimum absolute atomic E-state index is 0.219. The van der Waals surface area contributed by atoms with Crippen LogP contribution in [0.2, 0.25) is 0 Å². The number of nitrogens with two attached hydrogens (primary N) is 1. The number of hydrogen-bond acceptors (Lipinski definition) is 2. The quantitative estimate of drug-likeness (QED) is 0.714. The zero-order valence-corrected chi connectivity index (χ0v) is 8.33. The maximum atomic E-state index is 6.01. The average Bonchev–Trinajstić information content (AvgIpc) is 2.48. The Hall–Kier alpha value is -0.830. The lowest BCUT2D eigenvalue weighted by molar-refractivity contribution is 0.480. The summed E-state index contributed by atoms with van der Waals surface area (Å²) >= 11 is 0. The molecular weight excluding hydrogens is 162 g/mol. The minimum Gasteiger partial charge on any atom is -0.324 e. The summed E-state index contributed by atoms with van der Waals surface area (Å²) in [5.74, 6) is 0. The Balaban J connectivity index is 2.41. The summed E-state index contributed by atoms with van der Waals surface area (Å²) in [4.78, 5) is 0. The van der Waals surface area contributed by atoms with Crippen molar-refractivity contribution in [2.45, 2.75) is 45.2 Å². The standard InChI is InChI=1S/C10H17N3/c1-7(2)13-10-5-3-4-9(11)8(10)6-12-13/h6-7,9H,3-5,11H2,1-2H3/t9-/m1/s1. The number of rotatable bonds is 1. The lowest BCUT2D eigenvalue weighted by atomic mass is 9.94. The van der Waals surface area contributed by atoms with Crippen LogP contribution in [-0.4, -0.2) is 9.78 Å². The molecule has 0 aromatic carbocycles. The molecule has 1 heterocycles. The SMILES string of the molecule is CC(C)n1ncc2c1CCC[C@H]2N. The van der Waals surface area contributed by atoms with Gasteiger partial charge in [-0.2, -0.15) is 5.10 Å².